The van der Waals surface area contributed by atoms with Gasteiger partial charge in [0.05, 0.1) is 17.8 Å². The molecule has 0 saturated carbocycles. The van der Waals surface area contributed by atoms with Crippen molar-refractivity contribution >= 4 is 23.2 Å². The van der Waals surface area contributed by atoms with Crippen molar-refractivity contribution in [3.63, 3.8) is 0 Å². The maximum absolute atomic E-state index is 13.0. The number of anilines is 2. The summed E-state index contributed by atoms with van der Waals surface area (Å²) in [5.41, 5.74) is 5.70. The van der Waals surface area contributed by atoms with E-state index in [4.69, 9.17) is 5.73 Å². The van der Waals surface area contributed by atoms with Crippen LogP contribution in [0.25, 0.3) is 16.8 Å². The third kappa shape index (κ3) is 3.31. The number of carbonyl (C=O) groups excluding carboxylic acids is 1. The first-order valence-electron chi connectivity index (χ1n) is 8.17. The van der Waals surface area contributed by atoms with Gasteiger partial charge in [0.2, 0.25) is 5.91 Å². The zero-order valence-electron chi connectivity index (χ0n) is 13.9. The highest BCUT2D eigenvalue weighted by atomic mass is 19.4. The van der Waals surface area contributed by atoms with E-state index in [1.807, 2.05) is 0 Å². The fourth-order valence-corrected chi connectivity index (χ4v) is 2.81. The van der Waals surface area contributed by atoms with E-state index in [2.05, 4.69) is 20.6 Å². The minimum Gasteiger partial charge on any atom is -0.383 e. The first kappa shape index (κ1) is 17.3. The molecule has 0 radical (unpaired) electrons. The van der Waals surface area contributed by atoms with Gasteiger partial charge in [-0.2, -0.15) is 13.2 Å². The summed E-state index contributed by atoms with van der Waals surface area (Å²) in [6.07, 6.45) is 0.694. The second kappa shape index (κ2) is 6.23. The van der Waals surface area contributed by atoms with Crippen LogP contribution in [0.15, 0.2) is 36.8 Å². The molecule has 1 aliphatic heterocycles. The standard InChI is InChI=1S/C17H15F3N6O/c18-17(19,20)11-5-10(6-23-15(11)21)9-1-2-14-24-13(8-26(14)7-9)25-16(27)12-3-4-22-12/h1-2,5-8,12,22H,3-4H2,(H2,21,23)(H,25,27)/t12-/m0/s1. The van der Waals surface area contributed by atoms with Crippen LogP contribution < -0.4 is 16.4 Å². The fraction of sp³-hybridized carbons (Fsp3) is 0.235. The SMILES string of the molecule is Nc1ncc(-c2ccc3nc(NC(=O)[C@@H]4CCN4)cn3c2)cc1C(F)(F)F. The zero-order valence-corrected chi connectivity index (χ0v) is 13.9. The van der Waals surface area contributed by atoms with Crippen LogP contribution >= 0.6 is 0 Å². The molecule has 0 bridgehead atoms. The molecule has 27 heavy (non-hydrogen) atoms. The number of alkyl halides is 3. The van der Waals surface area contributed by atoms with Gasteiger partial charge in [-0.25, -0.2) is 9.97 Å². The number of hydrogen-bond donors (Lipinski definition) is 3. The Morgan fingerprint density at radius 3 is 2.74 bits per heavy atom. The Labute approximate surface area is 151 Å². The van der Waals surface area contributed by atoms with Gasteiger partial charge < -0.3 is 20.8 Å². The minimum atomic E-state index is -4.58. The normalized spacial score (nSPS) is 16.9. The summed E-state index contributed by atoms with van der Waals surface area (Å²) in [5, 5.41) is 5.71. The summed E-state index contributed by atoms with van der Waals surface area (Å²) < 4.78 is 40.8. The molecule has 7 nitrogen and oxygen atoms in total. The van der Waals surface area contributed by atoms with Crippen LogP contribution in [0.1, 0.15) is 12.0 Å². The molecule has 0 spiro atoms. The van der Waals surface area contributed by atoms with Gasteiger partial charge in [0.15, 0.2) is 5.82 Å². The van der Waals surface area contributed by atoms with Gasteiger partial charge >= 0.3 is 6.18 Å². The van der Waals surface area contributed by atoms with E-state index < -0.39 is 17.6 Å². The van der Waals surface area contributed by atoms with Crippen molar-refractivity contribution in [2.24, 2.45) is 0 Å². The second-order valence-corrected chi connectivity index (χ2v) is 6.25. The molecule has 4 N–H and O–H groups in total. The molecular formula is C17H15F3N6O. The molecule has 1 aliphatic rings. The third-order valence-electron chi connectivity index (χ3n) is 4.40. The maximum Gasteiger partial charge on any atom is 0.419 e. The van der Waals surface area contributed by atoms with E-state index >= 15 is 0 Å². The van der Waals surface area contributed by atoms with Crippen LogP contribution in [0.4, 0.5) is 24.8 Å². The highest BCUT2D eigenvalue weighted by molar-refractivity contribution is 5.94. The molecule has 4 rings (SSSR count). The second-order valence-electron chi connectivity index (χ2n) is 6.25. The number of nitrogens with two attached hydrogens (primary N) is 1. The number of imidazole rings is 1. The van der Waals surface area contributed by atoms with Crippen molar-refractivity contribution in [2.45, 2.75) is 18.6 Å². The van der Waals surface area contributed by atoms with Gasteiger partial charge in [-0.1, -0.05) is 0 Å². The number of nitrogens with one attached hydrogen (secondary N) is 2. The molecule has 0 aromatic carbocycles. The third-order valence-corrected chi connectivity index (χ3v) is 4.40. The Kier molecular flexibility index (Phi) is 3.99. The van der Waals surface area contributed by atoms with Crippen molar-refractivity contribution in [1.29, 1.82) is 0 Å². The number of carbonyl (C=O) groups is 1. The number of fused-ring (bicyclic) bond motifs is 1. The lowest BCUT2D eigenvalue weighted by Gasteiger charge is -2.25. The van der Waals surface area contributed by atoms with E-state index in [0.717, 1.165) is 19.0 Å². The highest BCUT2D eigenvalue weighted by Crippen LogP contribution is 2.35. The Bertz CT molecular complexity index is 1030. The summed E-state index contributed by atoms with van der Waals surface area (Å²) in [7, 11) is 0. The van der Waals surface area contributed by atoms with E-state index in [-0.39, 0.29) is 17.5 Å². The fourth-order valence-electron chi connectivity index (χ4n) is 2.81. The zero-order chi connectivity index (χ0) is 19.2. The van der Waals surface area contributed by atoms with Gasteiger partial charge in [-0.3, -0.25) is 4.79 Å². The molecule has 1 atom stereocenters. The summed E-state index contributed by atoms with van der Waals surface area (Å²) in [5.74, 6) is -0.357. The Hall–Kier alpha value is -3.14. The van der Waals surface area contributed by atoms with Crippen molar-refractivity contribution < 1.29 is 18.0 Å². The lowest BCUT2D eigenvalue weighted by Crippen LogP contribution is -2.50. The molecule has 1 saturated heterocycles. The van der Waals surface area contributed by atoms with Gasteiger partial charge in [0.1, 0.15) is 11.5 Å². The van der Waals surface area contributed by atoms with Gasteiger partial charge in [-0.05, 0) is 31.2 Å². The first-order valence-corrected chi connectivity index (χ1v) is 8.17. The van der Waals surface area contributed by atoms with E-state index in [9.17, 15) is 18.0 Å². The minimum absolute atomic E-state index is 0.164. The number of halogens is 3. The molecule has 4 heterocycles. The van der Waals surface area contributed by atoms with E-state index in [1.165, 1.54) is 6.20 Å². The molecular weight excluding hydrogens is 361 g/mol. The number of amides is 1. The maximum atomic E-state index is 13.0. The molecule has 0 unspecified atom stereocenters. The van der Waals surface area contributed by atoms with Crippen LogP contribution in [-0.4, -0.2) is 32.9 Å². The predicted octanol–water partition coefficient (Wildman–Crippen LogP) is 2.30. The van der Waals surface area contributed by atoms with Crippen LogP contribution in [-0.2, 0) is 11.0 Å². The van der Waals surface area contributed by atoms with E-state index in [0.29, 0.717) is 17.0 Å². The number of hydrogen-bond acceptors (Lipinski definition) is 5. The summed E-state index contributed by atoms with van der Waals surface area (Å²) in [4.78, 5) is 19.9. The molecule has 3 aromatic heterocycles. The topological polar surface area (TPSA) is 97.3 Å². The number of aromatic nitrogens is 3. The molecule has 1 fully saturated rings. The Morgan fingerprint density at radius 2 is 2.07 bits per heavy atom. The summed E-state index contributed by atoms with van der Waals surface area (Å²) in [6, 6.07) is 4.03. The van der Waals surface area contributed by atoms with Crippen molar-refractivity contribution in [3.05, 3.63) is 42.4 Å². The van der Waals surface area contributed by atoms with Crippen molar-refractivity contribution in [1.82, 2.24) is 19.7 Å². The highest BCUT2D eigenvalue weighted by Gasteiger charge is 2.34. The number of nitrogens with zero attached hydrogens (tertiary/aromatic N) is 3. The quantitative estimate of drug-likeness (QED) is 0.652. The van der Waals surface area contributed by atoms with Crippen LogP contribution in [0.5, 0.6) is 0 Å². The van der Waals surface area contributed by atoms with Gasteiger partial charge in [-0.15, -0.1) is 0 Å². The lowest BCUT2D eigenvalue weighted by molar-refractivity contribution is -0.137. The van der Waals surface area contributed by atoms with Gasteiger partial charge in [0.25, 0.3) is 0 Å². The number of rotatable bonds is 3. The monoisotopic (exact) mass is 376 g/mol. The molecule has 1 amide bonds. The largest absolute Gasteiger partial charge is 0.419 e. The summed E-state index contributed by atoms with van der Waals surface area (Å²) in [6.45, 7) is 0.808. The van der Waals surface area contributed by atoms with E-state index in [1.54, 1.807) is 28.9 Å². The first-order chi connectivity index (χ1) is 12.8. The molecule has 10 heteroatoms. The number of nitrogen functional groups attached to an aromatic ring is 1. The Morgan fingerprint density at radius 1 is 1.30 bits per heavy atom. The average molecular weight is 376 g/mol. The number of pyridine rings is 2. The Balaban J connectivity index is 1.64. The van der Waals surface area contributed by atoms with Crippen molar-refractivity contribution in [2.75, 3.05) is 17.6 Å². The predicted molar refractivity (Wildman–Crippen MR) is 92.9 cm³/mol. The van der Waals surface area contributed by atoms with Crippen LogP contribution in [0.3, 0.4) is 0 Å². The average Bonchev–Trinajstić information content (AvgIpc) is 2.93. The lowest BCUT2D eigenvalue weighted by atomic mass is 10.1. The van der Waals surface area contributed by atoms with Crippen LogP contribution in [0.2, 0.25) is 0 Å². The summed E-state index contributed by atoms with van der Waals surface area (Å²) >= 11 is 0. The van der Waals surface area contributed by atoms with Gasteiger partial charge in [0, 0.05) is 23.5 Å². The molecule has 3 aromatic rings. The smallest absolute Gasteiger partial charge is 0.383 e. The van der Waals surface area contributed by atoms with Crippen molar-refractivity contribution in [3.8, 4) is 11.1 Å². The molecule has 0 aliphatic carbocycles. The molecule has 140 valence electrons. The van der Waals surface area contributed by atoms with Crippen LogP contribution in [0, 0.1) is 0 Å².